The van der Waals surface area contributed by atoms with Crippen LogP contribution >= 0.6 is 0 Å². The maximum Gasteiger partial charge on any atom is 0.229 e. The van der Waals surface area contributed by atoms with Crippen molar-refractivity contribution in [2.45, 2.75) is 59.4 Å². The third kappa shape index (κ3) is 6.74. The van der Waals surface area contributed by atoms with Gasteiger partial charge in [0.2, 0.25) is 11.8 Å². The topological polar surface area (TPSA) is 70.5 Å². The smallest absolute Gasteiger partial charge is 0.229 e. The number of benzene rings is 3. The fourth-order valence-electron chi connectivity index (χ4n) is 5.06. The van der Waals surface area contributed by atoms with Gasteiger partial charge in [0.05, 0.1) is 24.5 Å². The van der Waals surface area contributed by atoms with Gasteiger partial charge in [-0.05, 0) is 48.7 Å². The van der Waals surface area contributed by atoms with Crippen molar-refractivity contribution >= 4 is 23.3 Å². The molecular formula is C34H39N5O2. The minimum Gasteiger partial charge on any atom is -0.310 e. The van der Waals surface area contributed by atoms with E-state index in [1.165, 1.54) is 5.56 Å². The fourth-order valence-corrected chi connectivity index (χ4v) is 5.06. The van der Waals surface area contributed by atoms with Crippen LogP contribution in [0.3, 0.4) is 0 Å². The van der Waals surface area contributed by atoms with Crippen LogP contribution in [0.5, 0.6) is 0 Å². The molecule has 212 valence electrons. The highest BCUT2D eigenvalue weighted by Crippen LogP contribution is 2.27. The van der Waals surface area contributed by atoms with Crippen LogP contribution in [0, 0.1) is 13.8 Å². The van der Waals surface area contributed by atoms with E-state index >= 15 is 0 Å². The average molecular weight is 550 g/mol. The van der Waals surface area contributed by atoms with E-state index < -0.39 is 0 Å². The Morgan fingerprint density at radius 1 is 0.927 bits per heavy atom. The second-order valence-corrected chi connectivity index (χ2v) is 12.0. The highest BCUT2D eigenvalue weighted by molar-refractivity contribution is 5.94. The number of carbonyl (C=O) groups excluding carboxylic acids is 2. The van der Waals surface area contributed by atoms with Crippen LogP contribution in [-0.2, 0) is 28.0 Å². The van der Waals surface area contributed by atoms with Gasteiger partial charge in [0.1, 0.15) is 5.82 Å². The molecule has 3 aromatic carbocycles. The zero-order chi connectivity index (χ0) is 29.1. The predicted octanol–water partition coefficient (Wildman–Crippen LogP) is 6.16. The molecule has 1 aliphatic heterocycles. The van der Waals surface area contributed by atoms with Gasteiger partial charge >= 0.3 is 0 Å². The van der Waals surface area contributed by atoms with Crippen LogP contribution < -0.4 is 10.2 Å². The first-order valence-corrected chi connectivity index (χ1v) is 14.2. The minimum atomic E-state index is -0.149. The Balaban J connectivity index is 1.23. The van der Waals surface area contributed by atoms with Crippen LogP contribution in [-0.4, -0.2) is 39.7 Å². The van der Waals surface area contributed by atoms with E-state index in [0.29, 0.717) is 18.9 Å². The molecule has 1 saturated heterocycles. The monoisotopic (exact) mass is 549 g/mol. The van der Waals surface area contributed by atoms with E-state index in [2.05, 4.69) is 50.0 Å². The van der Waals surface area contributed by atoms with Gasteiger partial charge in [-0.1, -0.05) is 80.9 Å². The molecule has 0 saturated carbocycles. The molecule has 0 bridgehead atoms. The van der Waals surface area contributed by atoms with Gasteiger partial charge < -0.3 is 5.32 Å². The quantitative estimate of drug-likeness (QED) is 0.300. The number of aromatic nitrogens is 2. The number of nitrogens with zero attached hydrogens (tertiary/aromatic N) is 4. The van der Waals surface area contributed by atoms with Crippen molar-refractivity contribution < 1.29 is 9.59 Å². The van der Waals surface area contributed by atoms with Crippen molar-refractivity contribution in [1.82, 2.24) is 14.7 Å². The van der Waals surface area contributed by atoms with E-state index in [1.807, 2.05) is 83.2 Å². The Labute approximate surface area is 242 Å². The Kier molecular flexibility index (Phi) is 8.08. The third-order valence-electron chi connectivity index (χ3n) is 7.51. The van der Waals surface area contributed by atoms with Crippen LogP contribution in [0.4, 0.5) is 11.5 Å². The van der Waals surface area contributed by atoms with Gasteiger partial charge in [-0.25, -0.2) is 4.68 Å². The van der Waals surface area contributed by atoms with Gasteiger partial charge in [-0.2, -0.15) is 5.10 Å². The molecular weight excluding hydrogens is 510 g/mol. The summed E-state index contributed by atoms with van der Waals surface area (Å²) in [4.78, 5) is 29.9. The largest absolute Gasteiger partial charge is 0.310 e. The molecule has 0 unspecified atom stereocenters. The zero-order valence-electron chi connectivity index (χ0n) is 24.6. The maximum absolute atomic E-state index is 13.1. The molecule has 4 aromatic rings. The first kappa shape index (κ1) is 28.3. The van der Waals surface area contributed by atoms with Gasteiger partial charge in [0.15, 0.2) is 0 Å². The van der Waals surface area contributed by atoms with Crippen molar-refractivity contribution in [3.8, 4) is 5.69 Å². The second kappa shape index (κ2) is 11.7. The summed E-state index contributed by atoms with van der Waals surface area (Å²) in [6, 6.07) is 26.3. The standard InChI is InChI=1S/C34H39N5O2/c1-24-10-16-28(17-11-24)39-31(21-30(36-39)34(3,4)5)35-32(40)20-26-12-14-27(15-13-26)22-37-19-18-33(41)38(23-37)29-9-7-6-8-25(29)2/h6-17,21H,18-20,22-23H2,1-5H3,(H,35,40). The van der Waals surface area contributed by atoms with Crippen LogP contribution in [0.15, 0.2) is 78.9 Å². The molecule has 0 aliphatic carbocycles. The summed E-state index contributed by atoms with van der Waals surface area (Å²) in [6.07, 6.45) is 0.770. The van der Waals surface area contributed by atoms with Crippen molar-refractivity contribution in [3.05, 3.63) is 107 Å². The fraction of sp³-hybridized carbons (Fsp3) is 0.324. The van der Waals surface area contributed by atoms with E-state index in [1.54, 1.807) is 0 Å². The Morgan fingerprint density at radius 2 is 1.61 bits per heavy atom. The van der Waals surface area contributed by atoms with Crippen LogP contribution in [0.25, 0.3) is 5.69 Å². The minimum absolute atomic E-state index is 0.0881. The maximum atomic E-state index is 13.1. The molecule has 7 nitrogen and oxygen atoms in total. The summed E-state index contributed by atoms with van der Waals surface area (Å²) < 4.78 is 1.81. The molecule has 0 atom stereocenters. The highest BCUT2D eigenvalue weighted by Gasteiger charge is 2.26. The lowest BCUT2D eigenvalue weighted by atomic mass is 9.92. The first-order chi connectivity index (χ1) is 19.6. The number of nitrogens with one attached hydrogen (secondary N) is 1. The molecule has 2 heterocycles. The van der Waals surface area contributed by atoms with Crippen LogP contribution in [0.2, 0.25) is 0 Å². The SMILES string of the molecule is Cc1ccc(-n2nc(C(C)(C)C)cc2NC(=O)Cc2ccc(CN3CCC(=O)N(c4ccccc4C)C3)cc2)cc1. The molecule has 1 fully saturated rings. The lowest BCUT2D eigenvalue weighted by Crippen LogP contribution is -2.48. The Morgan fingerprint density at radius 3 is 2.29 bits per heavy atom. The van der Waals surface area contributed by atoms with Crippen LogP contribution in [0.1, 0.15) is 55.1 Å². The summed E-state index contributed by atoms with van der Waals surface area (Å²) in [5.41, 5.74) is 7.01. The van der Waals surface area contributed by atoms with Gasteiger partial charge in [-0.15, -0.1) is 0 Å². The average Bonchev–Trinajstić information content (AvgIpc) is 3.36. The summed E-state index contributed by atoms with van der Waals surface area (Å²) >= 11 is 0. The lowest BCUT2D eigenvalue weighted by Gasteiger charge is -2.36. The molecule has 0 spiro atoms. The number of hydrogen-bond donors (Lipinski definition) is 1. The van der Waals surface area contributed by atoms with Gasteiger partial charge in [-0.3, -0.25) is 19.4 Å². The first-order valence-electron chi connectivity index (χ1n) is 14.2. The highest BCUT2D eigenvalue weighted by atomic mass is 16.2. The molecule has 1 N–H and O–H groups in total. The number of hydrogen-bond acceptors (Lipinski definition) is 4. The molecule has 5 rings (SSSR count). The van der Waals surface area contributed by atoms with Crippen molar-refractivity contribution in [1.29, 1.82) is 0 Å². The summed E-state index contributed by atoms with van der Waals surface area (Å²) in [6.45, 7) is 12.5. The van der Waals surface area contributed by atoms with E-state index in [0.717, 1.165) is 46.8 Å². The Hall–Kier alpha value is -4.23. The Bertz CT molecular complexity index is 1530. The zero-order valence-corrected chi connectivity index (χ0v) is 24.6. The van der Waals surface area contributed by atoms with Crippen molar-refractivity contribution in [3.63, 3.8) is 0 Å². The number of carbonyl (C=O) groups is 2. The third-order valence-corrected chi connectivity index (χ3v) is 7.51. The van der Waals surface area contributed by atoms with Gasteiger partial charge in [0, 0.05) is 36.7 Å². The molecule has 1 aliphatic rings. The molecule has 0 radical (unpaired) electrons. The van der Waals surface area contributed by atoms with E-state index in [-0.39, 0.29) is 23.7 Å². The van der Waals surface area contributed by atoms with Gasteiger partial charge in [0.25, 0.3) is 0 Å². The number of anilines is 2. The predicted molar refractivity (Wildman–Crippen MR) is 164 cm³/mol. The number of rotatable bonds is 7. The lowest BCUT2D eigenvalue weighted by molar-refractivity contribution is -0.121. The summed E-state index contributed by atoms with van der Waals surface area (Å²) in [7, 11) is 0. The number of amides is 2. The van der Waals surface area contributed by atoms with Crippen molar-refractivity contribution in [2.75, 3.05) is 23.4 Å². The number of aryl methyl sites for hydroxylation is 2. The molecule has 2 amide bonds. The summed E-state index contributed by atoms with van der Waals surface area (Å²) in [5, 5.41) is 7.91. The van der Waals surface area contributed by atoms with E-state index in [4.69, 9.17) is 5.10 Å². The normalized spacial score (nSPS) is 14.4. The second-order valence-electron chi connectivity index (χ2n) is 12.0. The van der Waals surface area contributed by atoms with Crippen molar-refractivity contribution in [2.24, 2.45) is 0 Å². The molecule has 1 aromatic heterocycles. The molecule has 7 heteroatoms. The molecule has 41 heavy (non-hydrogen) atoms. The summed E-state index contributed by atoms with van der Waals surface area (Å²) in [5.74, 6) is 0.739. The number of para-hydroxylation sites is 1. The van der Waals surface area contributed by atoms with E-state index in [9.17, 15) is 9.59 Å².